The van der Waals surface area contributed by atoms with E-state index in [0.29, 0.717) is 6.04 Å². The fourth-order valence-corrected chi connectivity index (χ4v) is 2.82. The molecule has 0 fully saturated rings. The summed E-state index contributed by atoms with van der Waals surface area (Å²) in [4.78, 5) is 0. The third kappa shape index (κ3) is 4.36. The van der Waals surface area contributed by atoms with Crippen LogP contribution < -0.4 is 5.32 Å². The summed E-state index contributed by atoms with van der Waals surface area (Å²) in [5.41, 5.74) is 5.02. The Bertz CT molecular complexity index is 719. The van der Waals surface area contributed by atoms with Crippen LogP contribution in [-0.2, 0) is 6.42 Å². The van der Waals surface area contributed by atoms with Gasteiger partial charge in [0.15, 0.2) is 0 Å². The molecular formula is C23H23N. The van der Waals surface area contributed by atoms with Gasteiger partial charge in [-0.1, -0.05) is 91.0 Å². The minimum Gasteiger partial charge on any atom is -0.388 e. The van der Waals surface area contributed by atoms with E-state index < -0.39 is 0 Å². The second-order valence-electron chi connectivity index (χ2n) is 6.05. The van der Waals surface area contributed by atoms with Crippen LogP contribution in [0.5, 0.6) is 0 Å². The first-order valence-electron chi connectivity index (χ1n) is 8.44. The lowest BCUT2D eigenvalue weighted by atomic mass is 9.99. The predicted octanol–water partition coefficient (Wildman–Crippen LogP) is 5.30. The zero-order valence-corrected chi connectivity index (χ0v) is 14.0. The van der Waals surface area contributed by atoms with Crippen LogP contribution in [0.2, 0.25) is 0 Å². The number of nitrogens with one attached hydrogen (secondary N) is 1. The molecule has 1 N–H and O–H groups in total. The highest BCUT2D eigenvalue weighted by molar-refractivity contribution is 5.79. The van der Waals surface area contributed by atoms with Crippen molar-refractivity contribution in [3.05, 3.63) is 114 Å². The average molecular weight is 313 g/mol. The standard InChI is InChI=1S/C23H23N/c1-19(17-20-11-5-2-6-12-20)24-18-23(21-13-7-3-8-14-21)22-15-9-4-10-16-22/h2-16,18-19,24H,17H2,1H3. The molecule has 0 aliphatic rings. The second kappa shape index (κ2) is 8.16. The Hall–Kier alpha value is -2.80. The lowest BCUT2D eigenvalue weighted by Crippen LogP contribution is -2.23. The lowest BCUT2D eigenvalue weighted by molar-refractivity contribution is 0.637. The van der Waals surface area contributed by atoms with Crippen molar-refractivity contribution in [2.45, 2.75) is 19.4 Å². The topological polar surface area (TPSA) is 12.0 Å². The van der Waals surface area contributed by atoms with Crippen LogP contribution in [0.25, 0.3) is 5.57 Å². The Morgan fingerprint density at radius 3 is 1.71 bits per heavy atom. The largest absolute Gasteiger partial charge is 0.388 e. The van der Waals surface area contributed by atoms with Gasteiger partial charge < -0.3 is 5.32 Å². The number of benzene rings is 3. The molecule has 0 bridgehead atoms. The Kier molecular flexibility index (Phi) is 5.47. The molecule has 1 heteroatoms. The van der Waals surface area contributed by atoms with Gasteiger partial charge in [0.2, 0.25) is 0 Å². The van der Waals surface area contributed by atoms with Gasteiger partial charge in [0.1, 0.15) is 0 Å². The highest BCUT2D eigenvalue weighted by Crippen LogP contribution is 2.22. The number of hydrogen-bond donors (Lipinski definition) is 1. The highest BCUT2D eigenvalue weighted by Gasteiger charge is 2.06. The second-order valence-corrected chi connectivity index (χ2v) is 6.05. The molecule has 3 aromatic carbocycles. The maximum Gasteiger partial charge on any atom is 0.0268 e. The molecule has 0 saturated carbocycles. The van der Waals surface area contributed by atoms with Crippen LogP contribution >= 0.6 is 0 Å². The van der Waals surface area contributed by atoms with Gasteiger partial charge in [-0.3, -0.25) is 0 Å². The molecule has 0 heterocycles. The summed E-state index contributed by atoms with van der Waals surface area (Å²) in [5.74, 6) is 0. The fourth-order valence-electron chi connectivity index (χ4n) is 2.82. The van der Waals surface area contributed by atoms with E-state index in [-0.39, 0.29) is 0 Å². The van der Waals surface area contributed by atoms with Crippen molar-refractivity contribution in [1.82, 2.24) is 5.32 Å². The molecule has 0 spiro atoms. The van der Waals surface area contributed by atoms with E-state index >= 15 is 0 Å². The van der Waals surface area contributed by atoms with Crippen molar-refractivity contribution in [2.24, 2.45) is 0 Å². The molecule has 1 unspecified atom stereocenters. The zero-order valence-electron chi connectivity index (χ0n) is 14.0. The van der Waals surface area contributed by atoms with Crippen LogP contribution in [0.4, 0.5) is 0 Å². The Labute approximate surface area is 144 Å². The molecule has 0 radical (unpaired) electrons. The highest BCUT2D eigenvalue weighted by atomic mass is 14.9. The monoisotopic (exact) mass is 313 g/mol. The quantitative estimate of drug-likeness (QED) is 0.651. The molecule has 1 atom stereocenters. The van der Waals surface area contributed by atoms with Gasteiger partial charge in [-0.15, -0.1) is 0 Å². The van der Waals surface area contributed by atoms with E-state index in [1.165, 1.54) is 22.3 Å². The molecule has 120 valence electrons. The van der Waals surface area contributed by atoms with Gasteiger partial charge in [-0.05, 0) is 30.0 Å². The van der Waals surface area contributed by atoms with Gasteiger partial charge in [0.25, 0.3) is 0 Å². The third-order valence-corrected chi connectivity index (χ3v) is 4.07. The first-order chi connectivity index (χ1) is 11.8. The molecular weight excluding hydrogens is 290 g/mol. The van der Waals surface area contributed by atoms with Gasteiger partial charge in [0.05, 0.1) is 0 Å². The van der Waals surface area contributed by atoms with Crippen molar-refractivity contribution in [3.63, 3.8) is 0 Å². The van der Waals surface area contributed by atoms with Crippen molar-refractivity contribution in [2.75, 3.05) is 0 Å². The smallest absolute Gasteiger partial charge is 0.0268 e. The number of hydrogen-bond acceptors (Lipinski definition) is 1. The summed E-state index contributed by atoms with van der Waals surface area (Å²) < 4.78 is 0. The van der Waals surface area contributed by atoms with Gasteiger partial charge in [-0.25, -0.2) is 0 Å². The van der Waals surface area contributed by atoms with Crippen molar-refractivity contribution < 1.29 is 0 Å². The van der Waals surface area contributed by atoms with Gasteiger partial charge in [0, 0.05) is 17.8 Å². The third-order valence-electron chi connectivity index (χ3n) is 4.07. The minimum atomic E-state index is 0.370. The maximum absolute atomic E-state index is 3.57. The molecule has 3 aromatic rings. The number of rotatable bonds is 6. The summed E-state index contributed by atoms with van der Waals surface area (Å²) in [6, 6.07) is 32.0. The van der Waals surface area contributed by atoms with Crippen molar-refractivity contribution >= 4 is 5.57 Å². The Balaban J connectivity index is 1.79. The summed E-state index contributed by atoms with van der Waals surface area (Å²) >= 11 is 0. The van der Waals surface area contributed by atoms with Crippen LogP contribution in [0.1, 0.15) is 23.6 Å². The Morgan fingerprint density at radius 1 is 0.750 bits per heavy atom. The molecule has 0 aliphatic carbocycles. The lowest BCUT2D eigenvalue weighted by Gasteiger charge is -2.15. The first-order valence-corrected chi connectivity index (χ1v) is 8.44. The van der Waals surface area contributed by atoms with Gasteiger partial charge in [-0.2, -0.15) is 0 Å². The summed E-state index contributed by atoms with van der Waals surface area (Å²) in [6.07, 6.45) is 3.16. The molecule has 3 rings (SSSR count). The van der Waals surface area contributed by atoms with E-state index in [4.69, 9.17) is 0 Å². The molecule has 0 aliphatic heterocycles. The maximum atomic E-state index is 3.57. The Morgan fingerprint density at radius 2 is 1.21 bits per heavy atom. The molecule has 0 saturated heterocycles. The summed E-state index contributed by atoms with van der Waals surface area (Å²) in [5, 5.41) is 3.57. The summed E-state index contributed by atoms with van der Waals surface area (Å²) in [7, 11) is 0. The van der Waals surface area contributed by atoms with Gasteiger partial charge >= 0.3 is 0 Å². The zero-order chi connectivity index (χ0) is 16.6. The average Bonchev–Trinajstić information content (AvgIpc) is 2.64. The SMILES string of the molecule is CC(Cc1ccccc1)NC=C(c1ccccc1)c1ccccc1. The minimum absolute atomic E-state index is 0.370. The van der Waals surface area contributed by atoms with Crippen molar-refractivity contribution in [3.8, 4) is 0 Å². The fraction of sp³-hybridized carbons (Fsp3) is 0.130. The van der Waals surface area contributed by atoms with Crippen LogP contribution in [0.3, 0.4) is 0 Å². The molecule has 0 amide bonds. The van der Waals surface area contributed by atoms with E-state index in [0.717, 1.165) is 6.42 Å². The normalized spacial score (nSPS) is 11.5. The van der Waals surface area contributed by atoms with Crippen LogP contribution in [0, 0.1) is 0 Å². The molecule has 24 heavy (non-hydrogen) atoms. The van der Waals surface area contributed by atoms with Crippen molar-refractivity contribution in [1.29, 1.82) is 0 Å². The molecule has 0 aromatic heterocycles. The van der Waals surface area contributed by atoms with E-state index in [2.05, 4.69) is 109 Å². The van der Waals surface area contributed by atoms with Crippen LogP contribution in [0.15, 0.2) is 97.2 Å². The van der Waals surface area contributed by atoms with E-state index in [9.17, 15) is 0 Å². The summed E-state index contributed by atoms with van der Waals surface area (Å²) in [6.45, 7) is 2.22. The predicted molar refractivity (Wildman–Crippen MR) is 103 cm³/mol. The van der Waals surface area contributed by atoms with E-state index in [1.54, 1.807) is 0 Å². The first kappa shape index (κ1) is 16.1. The van der Waals surface area contributed by atoms with Crippen LogP contribution in [-0.4, -0.2) is 6.04 Å². The molecule has 1 nitrogen and oxygen atoms in total. The van der Waals surface area contributed by atoms with E-state index in [1.807, 2.05) is 0 Å².